The third-order valence-electron chi connectivity index (χ3n) is 2.51. The molecule has 0 saturated heterocycles. The van der Waals surface area contributed by atoms with Gasteiger partial charge in [-0.05, 0) is 12.0 Å². The van der Waals surface area contributed by atoms with E-state index in [4.69, 9.17) is 9.84 Å². The number of halogens is 2. The summed E-state index contributed by atoms with van der Waals surface area (Å²) in [5.74, 6) is -4.37. The summed E-state index contributed by atoms with van der Waals surface area (Å²) >= 11 is 0. The molecule has 0 aliphatic rings. The zero-order chi connectivity index (χ0) is 13.2. The zero-order valence-corrected chi connectivity index (χ0v) is 9.83. The topological polar surface area (TPSA) is 46.5 Å². The van der Waals surface area contributed by atoms with Gasteiger partial charge in [-0.2, -0.15) is 0 Å². The zero-order valence-electron chi connectivity index (χ0n) is 9.83. The molecule has 3 nitrogen and oxygen atoms in total. The van der Waals surface area contributed by atoms with Crippen LogP contribution in [-0.4, -0.2) is 18.2 Å². The number of rotatable bonds is 4. The fourth-order valence-corrected chi connectivity index (χ4v) is 1.80. The molecular formula is C12H14F2O3. The molecule has 0 amide bonds. The molecule has 1 unspecified atom stereocenters. The quantitative estimate of drug-likeness (QED) is 0.885. The Labute approximate surface area is 98.0 Å². The lowest BCUT2D eigenvalue weighted by atomic mass is 9.88. The third kappa shape index (κ3) is 2.72. The molecule has 1 atom stereocenters. The average molecular weight is 244 g/mol. The highest BCUT2D eigenvalue weighted by atomic mass is 19.1. The lowest BCUT2D eigenvalue weighted by Gasteiger charge is -2.19. The molecule has 94 valence electrons. The monoisotopic (exact) mass is 244 g/mol. The second-order valence-electron chi connectivity index (χ2n) is 4.07. The van der Waals surface area contributed by atoms with E-state index in [1.165, 1.54) is 7.11 Å². The molecule has 0 aliphatic carbocycles. The SMILES string of the molecule is COc1c(F)cc(F)cc1C(C(=O)O)C(C)C. The molecule has 1 N–H and O–H groups in total. The van der Waals surface area contributed by atoms with Crippen LogP contribution in [0, 0.1) is 17.6 Å². The van der Waals surface area contributed by atoms with Gasteiger partial charge in [0, 0.05) is 11.6 Å². The van der Waals surface area contributed by atoms with Crippen molar-refractivity contribution in [2.24, 2.45) is 5.92 Å². The molecule has 0 bridgehead atoms. The molecular weight excluding hydrogens is 230 g/mol. The van der Waals surface area contributed by atoms with Gasteiger partial charge in [0.15, 0.2) is 11.6 Å². The third-order valence-corrected chi connectivity index (χ3v) is 2.51. The fraction of sp³-hybridized carbons (Fsp3) is 0.417. The standard InChI is InChI=1S/C12H14F2O3/c1-6(2)10(12(15)16)8-4-7(13)5-9(14)11(8)17-3/h4-6,10H,1-3H3,(H,15,16). The van der Waals surface area contributed by atoms with Gasteiger partial charge in [-0.25, -0.2) is 8.78 Å². The summed E-state index contributed by atoms with van der Waals surface area (Å²) in [4.78, 5) is 11.1. The van der Waals surface area contributed by atoms with E-state index >= 15 is 0 Å². The molecule has 17 heavy (non-hydrogen) atoms. The van der Waals surface area contributed by atoms with Crippen LogP contribution in [0.15, 0.2) is 12.1 Å². The van der Waals surface area contributed by atoms with Gasteiger partial charge in [0.05, 0.1) is 13.0 Å². The van der Waals surface area contributed by atoms with Gasteiger partial charge in [0.1, 0.15) is 5.82 Å². The molecule has 0 radical (unpaired) electrons. The summed E-state index contributed by atoms with van der Waals surface area (Å²) in [6.07, 6.45) is 0. The Bertz CT molecular complexity index is 430. The van der Waals surface area contributed by atoms with Crippen LogP contribution in [-0.2, 0) is 4.79 Å². The number of hydrogen-bond donors (Lipinski definition) is 1. The van der Waals surface area contributed by atoms with Crippen LogP contribution in [0.5, 0.6) is 5.75 Å². The van der Waals surface area contributed by atoms with Crippen molar-refractivity contribution < 1.29 is 23.4 Å². The molecule has 0 aromatic heterocycles. The number of carbonyl (C=O) groups is 1. The summed E-state index contributed by atoms with van der Waals surface area (Å²) < 4.78 is 31.4. The van der Waals surface area contributed by atoms with E-state index in [0.717, 1.165) is 6.07 Å². The lowest BCUT2D eigenvalue weighted by molar-refractivity contribution is -0.139. The lowest BCUT2D eigenvalue weighted by Crippen LogP contribution is -2.19. The van der Waals surface area contributed by atoms with Crippen molar-refractivity contribution in [3.63, 3.8) is 0 Å². The van der Waals surface area contributed by atoms with E-state index in [1.807, 2.05) is 0 Å². The number of carboxylic acid groups (broad SMARTS) is 1. The van der Waals surface area contributed by atoms with Gasteiger partial charge in [0.25, 0.3) is 0 Å². The first-order valence-corrected chi connectivity index (χ1v) is 5.14. The number of benzene rings is 1. The van der Waals surface area contributed by atoms with Crippen LogP contribution in [0.3, 0.4) is 0 Å². The van der Waals surface area contributed by atoms with E-state index < -0.39 is 23.5 Å². The maximum atomic E-state index is 13.4. The van der Waals surface area contributed by atoms with E-state index in [9.17, 15) is 13.6 Å². The number of carboxylic acids is 1. The fourth-order valence-electron chi connectivity index (χ4n) is 1.80. The van der Waals surface area contributed by atoms with Gasteiger partial charge in [-0.1, -0.05) is 13.8 Å². The summed E-state index contributed by atoms with van der Waals surface area (Å²) in [5, 5.41) is 9.10. The second kappa shape index (κ2) is 5.12. The van der Waals surface area contributed by atoms with Crippen LogP contribution < -0.4 is 4.74 Å². The van der Waals surface area contributed by atoms with Gasteiger partial charge >= 0.3 is 5.97 Å². The first-order valence-electron chi connectivity index (χ1n) is 5.14. The highest BCUT2D eigenvalue weighted by Gasteiger charge is 2.29. The smallest absolute Gasteiger partial charge is 0.311 e. The van der Waals surface area contributed by atoms with Crippen LogP contribution in [0.1, 0.15) is 25.3 Å². The van der Waals surface area contributed by atoms with E-state index in [1.54, 1.807) is 13.8 Å². The Morgan fingerprint density at radius 2 is 1.94 bits per heavy atom. The maximum absolute atomic E-state index is 13.4. The summed E-state index contributed by atoms with van der Waals surface area (Å²) in [6.45, 7) is 3.34. The second-order valence-corrected chi connectivity index (χ2v) is 4.07. The van der Waals surface area contributed by atoms with Crippen LogP contribution >= 0.6 is 0 Å². The molecule has 1 rings (SSSR count). The molecule has 1 aromatic carbocycles. The van der Waals surface area contributed by atoms with Crippen LogP contribution in [0.25, 0.3) is 0 Å². The first-order chi connectivity index (χ1) is 7.88. The van der Waals surface area contributed by atoms with Gasteiger partial charge < -0.3 is 9.84 Å². The highest BCUT2D eigenvalue weighted by Crippen LogP contribution is 2.34. The Morgan fingerprint density at radius 1 is 1.35 bits per heavy atom. The van der Waals surface area contributed by atoms with Crippen molar-refractivity contribution in [2.75, 3.05) is 7.11 Å². The molecule has 1 aromatic rings. The summed E-state index contributed by atoms with van der Waals surface area (Å²) in [5.41, 5.74) is 0.0208. The predicted molar refractivity (Wildman–Crippen MR) is 58.1 cm³/mol. The molecule has 0 aliphatic heterocycles. The summed E-state index contributed by atoms with van der Waals surface area (Å²) in [7, 11) is 1.22. The normalized spacial score (nSPS) is 12.6. The van der Waals surface area contributed by atoms with Gasteiger partial charge in [-0.15, -0.1) is 0 Å². The largest absolute Gasteiger partial charge is 0.493 e. The van der Waals surface area contributed by atoms with Crippen molar-refractivity contribution >= 4 is 5.97 Å². The minimum atomic E-state index is -1.14. The molecule has 0 saturated carbocycles. The van der Waals surface area contributed by atoms with Crippen molar-refractivity contribution in [1.29, 1.82) is 0 Å². The number of methoxy groups -OCH3 is 1. The molecule has 0 heterocycles. The van der Waals surface area contributed by atoms with E-state index in [2.05, 4.69) is 0 Å². The minimum Gasteiger partial charge on any atom is -0.493 e. The molecule has 5 heteroatoms. The highest BCUT2D eigenvalue weighted by molar-refractivity contribution is 5.77. The minimum absolute atomic E-state index is 0.0208. The van der Waals surface area contributed by atoms with Crippen LogP contribution in [0.2, 0.25) is 0 Å². The van der Waals surface area contributed by atoms with E-state index in [-0.39, 0.29) is 17.2 Å². The number of aliphatic carboxylic acids is 1. The van der Waals surface area contributed by atoms with Crippen molar-refractivity contribution in [3.8, 4) is 5.75 Å². The van der Waals surface area contributed by atoms with Crippen molar-refractivity contribution in [1.82, 2.24) is 0 Å². The van der Waals surface area contributed by atoms with Crippen molar-refractivity contribution in [2.45, 2.75) is 19.8 Å². The maximum Gasteiger partial charge on any atom is 0.311 e. The van der Waals surface area contributed by atoms with Gasteiger partial charge in [0.2, 0.25) is 0 Å². The average Bonchev–Trinajstić information content (AvgIpc) is 2.15. The Kier molecular flexibility index (Phi) is 4.04. The Morgan fingerprint density at radius 3 is 2.35 bits per heavy atom. The molecule has 0 fully saturated rings. The molecule has 0 spiro atoms. The predicted octanol–water partition coefficient (Wildman–Crippen LogP) is 2.80. The number of hydrogen-bond acceptors (Lipinski definition) is 2. The Balaban J connectivity index is 3.41. The first kappa shape index (κ1) is 13.4. The van der Waals surface area contributed by atoms with Crippen molar-refractivity contribution in [3.05, 3.63) is 29.3 Å². The summed E-state index contributed by atoms with van der Waals surface area (Å²) in [6, 6.07) is 1.67. The van der Waals surface area contributed by atoms with Crippen LogP contribution in [0.4, 0.5) is 8.78 Å². The van der Waals surface area contributed by atoms with Gasteiger partial charge in [-0.3, -0.25) is 4.79 Å². The Hall–Kier alpha value is -1.65. The van der Waals surface area contributed by atoms with E-state index in [0.29, 0.717) is 6.07 Å². The number of ether oxygens (including phenoxy) is 1.